The maximum absolute atomic E-state index is 12.8. The Morgan fingerprint density at radius 1 is 1.26 bits per heavy atom. The fraction of sp³-hybridized carbons (Fsp3) is 0.632. The molecule has 1 amide bonds. The van der Waals surface area contributed by atoms with Crippen LogP contribution in [0.1, 0.15) is 57.6 Å². The second-order valence-corrected chi connectivity index (χ2v) is 6.70. The van der Waals surface area contributed by atoms with Crippen LogP contribution in [0.2, 0.25) is 0 Å². The molecule has 1 aliphatic rings. The Bertz CT molecular complexity index is 469. The van der Waals surface area contributed by atoms with Crippen molar-refractivity contribution in [2.24, 2.45) is 5.92 Å². The van der Waals surface area contributed by atoms with Crippen molar-refractivity contribution in [3.8, 4) is 0 Å². The van der Waals surface area contributed by atoms with Gasteiger partial charge in [-0.05, 0) is 30.7 Å². The van der Waals surface area contributed by atoms with Crippen LogP contribution in [0, 0.1) is 5.92 Å². The summed E-state index contributed by atoms with van der Waals surface area (Å²) in [5, 5.41) is 12.3. The Morgan fingerprint density at radius 3 is 2.48 bits per heavy atom. The van der Waals surface area contributed by atoms with Crippen LogP contribution in [-0.2, 0) is 9.53 Å². The minimum atomic E-state index is -0.570. The second kappa shape index (κ2) is 9.04. The van der Waals surface area contributed by atoms with Crippen LogP contribution < -0.4 is 5.32 Å². The van der Waals surface area contributed by atoms with Gasteiger partial charge in [0.05, 0.1) is 6.10 Å². The molecule has 0 spiro atoms. The number of hydrogen-bond donors (Lipinski definition) is 2. The van der Waals surface area contributed by atoms with Crippen LogP contribution in [-0.4, -0.2) is 29.8 Å². The van der Waals surface area contributed by atoms with Crippen LogP contribution in [0.15, 0.2) is 30.3 Å². The van der Waals surface area contributed by atoms with Gasteiger partial charge in [-0.1, -0.05) is 57.0 Å². The lowest BCUT2D eigenvalue weighted by Gasteiger charge is -2.27. The van der Waals surface area contributed by atoms with Gasteiger partial charge in [0.25, 0.3) is 5.91 Å². The highest BCUT2D eigenvalue weighted by atomic mass is 16.5. The molecule has 2 N–H and O–H groups in total. The lowest BCUT2D eigenvalue weighted by molar-refractivity contribution is -0.138. The van der Waals surface area contributed by atoms with E-state index in [4.69, 9.17) is 4.74 Å². The fourth-order valence-corrected chi connectivity index (χ4v) is 3.11. The maximum Gasteiger partial charge on any atom is 0.254 e. The number of nitrogens with one attached hydrogen (secondary N) is 1. The van der Waals surface area contributed by atoms with Gasteiger partial charge in [-0.2, -0.15) is 0 Å². The van der Waals surface area contributed by atoms with Gasteiger partial charge in [0.15, 0.2) is 6.10 Å². The third-order valence-corrected chi connectivity index (χ3v) is 4.54. The van der Waals surface area contributed by atoms with Crippen molar-refractivity contribution in [1.82, 2.24) is 5.32 Å². The van der Waals surface area contributed by atoms with E-state index >= 15 is 0 Å². The van der Waals surface area contributed by atoms with E-state index < -0.39 is 6.10 Å². The Kier molecular flexibility index (Phi) is 7.06. The van der Waals surface area contributed by atoms with Gasteiger partial charge < -0.3 is 15.2 Å². The number of aliphatic hydroxyl groups excluding tert-OH is 1. The predicted octanol–water partition coefficient (Wildman–Crippen LogP) is 3.21. The molecule has 128 valence electrons. The summed E-state index contributed by atoms with van der Waals surface area (Å²) in [4.78, 5) is 12.8. The van der Waals surface area contributed by atoms with Crippen molar-refractivity contribution in [3.63, 3.8) is 0 Å². The van der Waals surface area contributed by atoms with Gasteiger partial charge >= 0.3 is 0 Å². The zero-order valence-corrected chi connectivity index (χ0v) is 14.2. The third kappa shape index (κ3) is 5.33. The van der Waals surface area contributed by atoms with E-state index in [2.05, 4.69) is 19.2 Å². The van der Waals surface area contributed by atoms with E-state index in [0.29, 0.717) is 6.42 Å². The quantitative estimate of drug-likeness (QED) is 0.773. The summed E-state index contributed by atoms with van der Waals surface area (Å²) in [5.74, 6) is 0.171. The van der Waals surface area contributed by atoms with Crippen molar-refractivity contribution in [1.29, 1.82) is 0 Å². The monoisotopic (exact) mass is 319 g/mol. The van der Waals surface area contributed by atoms with Gasteiger partial charge in [-0.3, -0.25) is 4.79 Å². The first-order valence-electron chi connectivity index (χ1n) is 8.73. The zero-order valence-electron chi connectivity index (χ0n) is 14.2. The standard InChI is InChI=1S/C19H29NO3/c1-14(2)17(12-13-21)20-19(22)18(15-8-4-3-5-9-15)23-16-10-6-7-11-16/h3-5,8-9,14,16-18,21H,6-7,10-13H2,1-2H3,(H,20,22). The number of carbonyl (C=O) groups excluding carboxylic acids is 1. The minimum Gasteiger partial charge on any atom is -0.396 e. The van der Waals surface area contributed by atoms with Crippen molar-refractivity contribution in [3.05, 3.63) is 35.9 Å². The molecule has 0 heterocycles. The highest BCUT2D eigenvalue weighted by molar-refractivity contribution is 5.82. The molecule has 0 saturated heterocycles. The summed E-state index contributed by atoms with van der Waals surface area (Å²) >= 11 is 0. The lowest BCUT2D eigenvalue weighted by atomic mass is 10.00. The number of benzene rings is 1. The molecule has 0 bridgehead atoms. The van der Waals surface area contributed by atoms with E-state index in [1.807, 2.05) is 30.3 Å². The van der Waals surface area contributed by atoms with E-state index in [0.717, 1.165) is 18.4 Å². The molecule has 2 atom stereocenters. The zero-order chi connectivity index (χ0) is 16.7. The molecule has 1 aromatic rings. The van der Waals surface area contributed by atoms with E-state index in [9.17, 15) is 9.90 Å². The van der Waals surface area contributed by atoms with E-state index in [-0.39, 0.29) is 30.6 Å². The molecule has 4 heteroatoms. The summed E-state index contributed by atoms with van der Waals surface area (Å²) in [6.07, 6.45) is 4.57. The van der Waals surface area contributed by atoms with Crippen LogP contribution in [0.25, 0.3) is 0 Å². The summed E-state index contributed by atoms with van der Waals surface area (Å²) < 4.78 is 6.14. The summed E-state index contributed by atoms with van der Waals surface area (Å²) in [6, 6.07) is 9.65. The van der Waals surface area contributed by atoms with Crippen LogP contribution in [0.4, 0.5) is 0 Å². The van der Waals surface area contributed by atoms with Crippen molar-refractivity contribution in [2.75, 3.05) is 6.61 Å². The largest absolute Gasteiger partial charge is 0.396 e. The van der Waals surface area contributed by atoms with E-state index in [1.165, 1.54) is 12.8 Å². The Balaban J connectivity index is 2.10. The molecule has 1 aliphatic carbocycles. The van der Waals surface area contributed by atoms with Gasteiger partial charge in [-0.25, -0.2) is 0 Å². The Morgan fingerprint density at radius 2 is 1.91 bits per heavy atom. The van der Waals surface area contributed by atoms with Gasteiger partial charge in [0, 0.05) is 12.6 Å². The first-order chi connectivity index (χ1) is 11.1. The highest BCUT2D eigenvalue weighted by Crippen LogP contribution is 2.28. The second-order valence-electron chi connectivity index (χ2n) is 6.70. The fourth-order valence-electron chi connectivity index (χ4n) is 3.11. The molecule has 1 fully saturated rings. The normalized spacial score (nSPS) is 18.1. The molecule has 0 aromatic heterocycles. The molecule has 1 saturated carbocycles. The van der Waals surface area contributed by atoms with Crippen LogP contribution in [0.3, 0.4) is 0 Å². The molecule has 23 heavy (non-hydrogen) atoms. The average Bonchev–Trinajstić information content (AvgIpc) is 3.06. The van der Waals surface area contributed by atoms with E-state index in [1.54, 1.807) is 0 Å². The molecule has 4 nitrogen and oxygen atoms in total. The van der Waals surface area contributed by atoms with Crippen LogP contribution >= 0.6 is 0 Å². The van der Waals surface area contributed by atoms with Crippen molar-refractivity contribution in [2.45, 2.75) is 64.2 Å². The van der Waals surface area contributed by atoms with Gasteiger partial charge in [0.2, 0.25) is 0 Å². The predicted molar refractivity (Wildman–Crippen MR) is 91.0 cm³/mol. The SMILES string of the molecule is CC(C)C(CCO)NC(=O)C(OC1CCCC1)c1ccccc1. The van der Waals surface area contributed by atoms with Crippen LogP contribution in [0.5, 0.6) is 0 Å². The van der Waals surface area contributed by atoms with Crippen molar-refractivity contribution < 1.29 is 14.6 Å². The molecule has 0 radical (unpaired) electrons. The highest BCUT2D eigenvalue weighted by Gasteiger charge is 2.29. The number of rotatable bonds is 8. The molecule has 0 aliphatic heterocycles. The Hall–Kier alpha value is -1.39. The topological polar surface area (TPSA) is 58.6 Å². The first-order valence-corrected chi connectivity index (χ1v) is 8.73. The molecular weight excluding hydrogens is 290 g/mol. The molecule has 2 rings (SSSR count). The number of amides is 1. The van der Waals surface area contributed by atoms with Gasteiger partial charge in [0.1, 0.15) is 0 Å². The molecular formula is C19H29NO3. The smallest absolute Gasteiger partial charge is 0.254 e. The molecule has 1 aromatic carbocycles. The third-order valence-electron chi connectivity index (χ3n) is 4.54. The summed E-state index contributed by atoms with van der Waals surface area (Å²) in [7, 11) is 0. The number of hydrogen-bond acceptors (Lipinski definition) is 3. The average molecular weight is 319 g/mol. The number of aliphatic hydroxyl groups is 1. The minimum absolute atomic E-state index is 0.0362. The number of ether oxygens (including phenoxy) is 1. The number of carbonyl (C=O) groups is 1. The van der Waals surface area contributed by atoms with Gasteiger partial charge in [-0.15, -0.1) is 0 Å². The lowest BCUT2D eigenvalue weighted by Crippen LogP contribution is -2.42. The maximum atomic E-state index is 12.8. The first kappa shape index (κ1) is 18.0. The van der Waals surface area contributed by atoms with Crippen molar-refractivity contribution >= 4 is 5.91 Å². The summed E-state index contributed by atoms with van der Waals surface area (Å²) in [6.45, 7) is 4.18. The molecule has 2 unspecified atom stereocenters. The Labute approximate surface area is 139 Å². The summed E-state index contributed by atoms with van der Waals surface area (Å²) in [5.41, 5.74) is 0.892.